The van der Waals surface area contributed by atoms with Gasteiger partial charge in [-0.2, -0.15) is 4.98 Å². The second-order valence-corrected chi connectivity index (χ2v) is 4.37. The van der Waals surface area contributed by atoms with Gasteiger partial charge in [0.2, 0.25) is 17.7 Å². The lowest BCUT2D eigenvalue weighted by Gasteiger charge is -2.39. The van der Waals surface area contributed by atoms with Crippen LogP contribution in [0.25, 0.3) is 0 Å². The summed E-state index contributed by atoms with van der Waals surface area (Å²) in [4.78, 5) is 39.9. The zero-order valence-electron chi connectivity index (χ0n) is 9.85. The number of hydrogen-bond acceptors (Lipinski definition) is 6. The number of nitrogen functional groups attached to an aromatic ring is 1. The van der Waals surface area contributed by atoms with Crippen molar-refractivity contribution >= 4 is 23.7 Å². The molecular weight excluding hydrogens is 240 g/mol. The zero-order valence-corrected chi connectivity index (χ0v) is 9.85. The summed E-state index contributed by atoms with van der Waals surface area (Å²) in [7, 11) is 0. The standard InChI is InChI=1S/C9H12N6O3/c1-9(2)7(18)11-4(16)3-15(9)6(17)5-12-8(10)14-13-5/h3H2,1-2H3,(H,11,16,18)(H3,10,12,13,14). The molecule has 0 aromatic carbocycles. The molecule has 9 nitrogen and oxygen atoms in total. The van der Waals surface area contributed by atoms with E-state index in [0.29, 0.717) is 0 Å². The fraction of sp³-hybridized carbons (Fsp3) is 0.444. The van der Waals surface area contributed by atoms with Gasteiger partial charge in [-0.3, -0.25) is 24.8 Å². The molecule has 1 fully saturated rings. The molecule has 0 atom stereocenters. The molecule has 1 aromatic rings. The highest BCUT2D eigenvalue weighted by Crippen LogP contribution is 2.20. The molecule has 2 heterocycles. The number of nitrogens with two attached hydrogens (primary N) is 1. The second-order valence-electron chi connectivity index (χ2n) is 4.37. The fourth-order valence-electron chi connectivity index (χ4n) is 1.61. The van der Waals surface area contributed by atoms with Crippen LogP contribution in [0.4, 0.5) is 5.95 Å². The van der Waals surface area contributed by atoms with Gasteiger partial charge in [0.25, 0.3) is 11.8 Å². The van der Waals surface area contributed by atoms with E-state index in [1.165, 1.54) is 13.8 Å². The minimum Gasteiger partial charge on any atom is -0.366 e. The van der Waals surface area contributed by atoms with Gasteiger partial charge in [-0.05, 0) is 13.8 Å². The van der Waals surface area contributed by atoms with Gasteiger partial charge in [0.05, 0.1) is 0 Å². The van der Waals surface area contributed by atoms with Crippen molar-refractivity contribution in [1.29, 1.82) is 0 Å². The number of nitrogens with zero attached hydrogens (tertiary/aromatic N) is 3. The maximum absolute atomic E-state index is 12.1. The number of carbonyl (C=O) groups excluding carboxylic acids is 3. The van der Waals surface area contributed by atoms with Crippen molar-refractivity contribution in [2.75, 3.05) is 12.3 Å². The van der Waals surface area contributed by atoms with Gasteiger partial charge in [-0.25, -0.2) is 0 Å². The highest BCUT2D eigenvalue weighted by molar-refractivity contribution is 6.08. The lowest BCUT2D eigenvalue weighted by Crippen LogP contribution is -2.65. The van der Waals surface area contributed by atoms with Crippen LogP contribution in [0.1, 0.15) is 24.5 Å². The maximum atomic E-state index is 12.1. The van der Waals surface area contributed by atoms with Gasteiger partial charge in [0.15, 0.2) is 0 Å². The molecule has 1 aliphatic rings. The van der Waals surface area contributed by atoms with E-state index in [4.69, 9.17) is 5.73 Å². The number of H-pyrrole nitrogens is 1. The Morgan fingerprint density at radius 1 is 1.44 bits per heavy atom. The summed E-state index contributed by atoms with van der Waals surface area (Å²) in [5.74, 6) is -1.88. The molecule has 1 aliphatic heterocycles. The molecule has 96 valence electrons. The van der Waals surface area contributed by atoms with Crippen LogP contribution in [0.3, 0.4) is 0 Å². The van der Waals surface area contributed by atoms with Crippen molar-refractivity contribution < 1.29 is 14.4 Å². The SMILES string of the molecule is CC1(C)C(=O)NC(=O)CN1C(=O)c1nc(N)n[nH]1. The van der Waals surface area contributed by atoms with E-state index in [0.717, 1.165) is 4.90 Å². The second kappa shape index (κ2) is 3.79. The molecule has 1 aromatic heterocycles. The Balaban J connectivity index is 2.33. The predicted molar refractivity (Wildman–Crippen MR) is 59.1 cm³/mol. The molecule has 3 amide bonds. The summed E-state index contributed by atoms with van der Waals surface area (Å²) < 4.78 is 0. The number of aromatic amines is 1. The number of rotatable bonds is 1. The molecule has 0 saturated carbocycles. The van der Waals surface area contributed by atoms with Gasteiger partial charge in [-0.1, -0.05) is 0 Å². The number of nitrogens with one attached hydrogen (secondary N) is 2. The molecule has 0 unspecified atom stereocenters. The van der Waals surface area contributed by atoms with Crippen LogP contribution in [0.15, 0.2) is 0 Å². The monoisotopic (exact) mass is 252 g/mol. The molecule has 0 spiro atoms. The van der Waals surface area contributed by atoms with E-state index in [2.05, 4.69) is 20.5 Å². The Labute approximate surface area is 102 Å². The van der Waals surface area contributed by atoms with Crippen LogP contribution in [0.5, 0.6) is 0 Å². The van der Waals surface area contributed by atoms with E-state index in [1.807, 2.05) is 0 Å². The fourth-order valence-corrected chi connectivity index (χ4v) is 1.61. The van der Waals surface area contributed by atoms with E-state index >= 15 is 0 Å². The molecule has 18 heavy (non-hydrogen) atoms. The van der Waals surface area contributed by atoms with Crippen molar-refractivity contribution in [2.45, 2.75) is 19.4 Å². The minimum atomic E-state index is -1.15. The van der Waals surface area contributed by atoms with Crippen LogP contribution in [-0.2, 0) is 9.59 Å². The maximum Gasteiger partial charge on any atom is 0.292 e. The Hall–Kier alpha value is -2.45. The molecule has 1 saturated heterocycles. The van der Waals surface area contributed by atoms with Crippen molar-refractivity contribution in [3.05, 3.63) is 5.82 Å². The Bertz CT molecular complexity index is 534. The first kappa shape index (κ1) is 12.0. The van der Waals surface area contributed by atoms with E-state index < -0.39 is 23.3 Å². The van der Waals surface area contributed by atoms with Gasteiger partial charge < -0.3 is 10.6 Å². The Kier molecular flexibility index (Phi) is 2.53. The average molecular weight is 252 g/mol. The third kappa shape index (κ3) is 1.79. The summed E-state index contributed by atoms with van der Waals surface area (Å²) in [6, 6.07) is 0. The summed E-state index contributed by atoms with van der Waals surface area (Å²) >= 11 is 0. The molecule has 4 N–H and O–H groups in total. The number of carbonyl (C=O) groups is 3. The first-order valence-electron chi connectivity index (χ1n) is 5.16. The number of imide groups is 1. The molecule has 9 heteroatoms. The number of hydrogen-bond donors (Lipinski definition) is 3. The molecule has 0 aliphatic carbocycles. The number of aromatic nitrogens is 3. The molecular formula is C9H12N6O3. The highest BCUT2D eigenvalue weighted by atomic mass is 16.2. The topological polar surface area (TPSA) is 134 Å². The summed E-state index contributed by atoms with van der Waals surface area (Å²) in [5.41, 5.74) is 4.15. The lowest BCUT2D eigenvalue weighted by atomic mass is 9.98. The zero-order chi connectivity index (χ0) is 13.5. The van der Waals surface area contributed by atoms with E-state index in [-0.39, 0.29) is 18.3 Å². The molecule has 2 rings (SSSR count). The van der Waals surface area contributed by atoms with Gasteiger partial charge in [-0.15, -0.1) is 5.10 Å². The minimum absolute atomic E-state index is 0.0797. The molecule has 0 radical (unpaired) electrons. The summed E-state index contributed by atoms with van der Waals surface area (Å²) in [6.45, 7) is 2.84. The quantitative estimate of drug-likeness (QED) is 0.508. The first-order chi connectivity index (χ1) is 8.32. The first-order valence-corrected chi connectivity index (χ1v) is 5.16. The average Bonchev–Trinajstić information content (AvgIpc) is 2.70. The third-order valence-electron chi connectivity index (χ3n) is 2.74. The Morgan fingerprint density at radius 3 is 2.67 bits per heavy atom. The van der Waals surface area contributed by atoms with Crippen LogP contribution < -0.4 is 11.1 Å². The summed E-state index contributed by atoms with van der Waals surface area (Å²) in [6.07, 6.45) is 0. The van der Waals surface area contributed by atoms with Crippen molar-refractivity contribution in [3.63, 3.8) is 0 Å². The Morgan fingerprint density at radius 2 is 2.11 bits per heavy atom. The third-order valence-corrected chi connectivity index (χ3v) is 2.74. The van der Waals surface area contributed by atoms with Gasteiger partial charge in [0, 0.05) is 0 Å². The molecule has 0 bridgehead atoms. The van der Waals surface area contributed by atoms with Crippen molar-refractivity contribution in [1.82, 2.24) is 25.4 Å². The normalized spacial score (nSPS) is 18.7. The number of amides is 3. The lowest BCUT2D eigenvalue weighted by molar-refractivity contribution is -0.143. The number of anilines is 1. The van der Waals surface area contributed by atoms with Gasteiger partial charge in [0.1, 0.15) is 12.1 Å². The van der Waals surface area contributed by atoms with Crippen LogP contribution in [0, 0.1) is 0 Å². The van der Waals surface area contributed by atoms with E-state index in [9.17, 15) is 14.4 Å². The van der Waals surface area contributed by atoms with Crippen molar-refractivity contribution in [2.24, 2.45) is 0 Å². The smallest absolute Gasteiger partial charge is 0.292 e. The highest BCUT2D eigenvalue weighted by Gasteiger charge is 2.44. The van der Waals surface area contributed by atoms with E-state index in [1.54, 1.807) is 0 Å². The van der Waals surface area contributed by atoms with Crippen LogP contribution >= 0.6 is 0 Å². The van der Waals surface area contributed by atoms with Crippen molar-refractivity contribution in [3.8, 4) is 0 Å². The largest absolute Gasteiger partial charge is 0.366 e. The number of piperazine rings is 1. The van der Waals surface area contributed by atoms with Crippen LogP contribution in [0.2, 0.25) is 0 Å². The van der Waals surface area contributed by atoms with Crippen LogP contribution in [-0.4, -0.2) is 49.9 Å². The predicted octanol–water partition coefficient (Wildman–Crippen LogP) is -1.74. The summed E-state index contributed by atoms with van der Waals surface area (Å²) in [5, 5.41) is 8.05. The van der Waals surface area contributed by atoms with Gasteiger partial charge >= 0.3 is 0 Å².